The van der Waals surface area contributed by atoms with Crippen molar-refractivity contribution in [3.8, 4) is 0 Å². The van der Waals surface area contributed by atoms with Gasteiger partial charge in [0.1, 0.15) is 5.71 Å². The van der Waals surface area contributed by atoms with E-state index in [4.69, 9.17) is 0 Å². The van der Waals surface area contributed by atoms with Crippen molar-refractivity contribution in [2.24, 2.45) is 11.0 Å². The quantitative estimate of drug-likeness (QED) is 0.835. The molecule has 1 amide bonds. The number of hydrogen-bond donors (Lipinski definition) is 1. The van der Waals surface area contributed by atoms with Gasteiger partial charge in [-0.3, -0.25) is 4.79 Å². The first kappa shape index (κ1) is 12.2. The van der Waals surface area contributed by atoms with Gasteiger partial charge in [-0.25, -0.2) is 0 Å². The Bertz CT molecular complexity index is 530. The van der Waals surface area contributed by atoms with Crippen LogP contribution in [0.4, 0.5) is 0 Å². The van der Waals surface area contributed by atoms with Gasteiger partial charge >= 0.3 is 0 Å². The molecule has 1 aromatic rings. The number of carbonyl (C=O) groups is 1. The summed E-state index contributed by atoms with van der Waals surface area (Å²) in [7, 11) is 0. The highest BCUT2D eigenvalue weighted by molar-refractivity contribution is 6.42. The number of rotatable bonds is 1. The molecule has 0 unspecified atom stereocenters. The zero-order valence-electron chi connectivity index (χ0n) is 11.6. The molecule has 0 aliphatic carbocycles. The lowest BCUT2D eigenvalue weighted by Crippen LogP contribution is -2.43. The molecule has 1 aromatic carbocycles. The van der Waals surface area contributed by atoms with E-state index in [2.05, 4.69) is 43.4 Å². The maximum Gasteiger partial charge on any atom is 0.270 e. The van der Waals surface area contributed by atoms with Crippen molar-refractivity contribution in [2.75, 3.05) is 6.54 Å². The molecular weight excluding hydrogens is 238 g/mol. The molecule has 0 bridgehead atoms. The van der Waals surface area contributed by atoms with E-state index in [9.17, 15) is 4.79 Å². The third-order valence-electron chi connectivity index (χ3n) is 3.89. The number of fused-ring (bicyclic) bond motifs is 1. The van der Waals surface area contributed by atoms with Crippen molar-refractivity contribution in [1.29, 1.82) is 0 Å². The molecule has 2 heterocycles. The van der Waals surface area contributed by atoms with E-state index >= 15 is 0 Å². The number of hydrogen-bond acceptors (Lipinski definition) is 3. The fourth-order valence-corrected chi connectivity index (χ4v) is 2.83. The van der Waals surface area contributed by atoms with Crippen LogP contribution in [0.5, 0.6) is 0 Å². The summed E-state index contributed by atoms with van der Waals surface area (Å²) in [5.41, 5.74) is 4.84. The summed E-state index contributed by atoms with van der Waals surface area (Å²) < 4.78 is 0. The summed E-state index contributed by atoms with van der Waals surface area (Å²) in [5, 5.41) is 4.28. The number of nitrogens with zero attached hydrogens (tertiary/aromatic N) is 2. The number of nitrogens with one attached hydrogen (secondary N) is 1. The van der Waals surface area contributed by atoms with Crippen molar-refractivity contribution < 1.29 is 4.79 Å². The van der Waals surface area contributed by atoms with Crippen LogP contribution >= 0.6 is 0 Å². The van der Waals surface area contributed by atoms with E-state index in [1.165, 1.54) is 5.56 Å². The van der Waals surface area contributed by atoms with Gasteiger partial charge in [-0.1, -0.05) is 30.3 Å². The molecule has 0 radical (unpaired) electrons. The average molecular weight is 257 g/mol. The largest absolute Gasteiger partial charge is 0.332 e. The summed E-state index contributed by atoms with van der Waals surface area (Å²) in [6, 6.07) is 10.3. The first-order valence-electron chi connectivity index (χ1n) is 6.68. The smallest absolute Gasteiger partial charge is 0.270 e. The number of carbonyl (C=O) groups excluding carboxylic acids is 1. The Morgan fingerprint density at radius 3 is 2.58 bits per heavy atom. The third-order valence-corrected chi connectivity index (χ3v) is 3.89. The monoisotopic (exact) mass is 257 g/mol. The van der Waals surface area contributed by atoms with Crippen LogP contribution in [0.3, 0.4) is 0 Å². The molecule has 0 aromatic heterocycles. The van der Waals surface area contributed by atoms with E-state index in [0.717, 1.165) is 6.54 Å². The van der Waals surface area contributed by atoms with Gasteiger partial charge < -0.3 is 10.3 Å². The first-order valence-corrected chi connectivity index (χ1v) is 6.68. The fraction of sp³-hybridized carbons (Fsp3) is 0.467. The summed E-state index contributed by atoms with van der Waals surface area (Å²) >= 11 is 0. The molecule has 2 aliphatic rings. The SMILES string of the molecule is CC(C)(C)N1C[C@H]2C(=NN[C@@H]2c2ccccc2)C1=O. The summed E-state index contributed by atoms with van der Waals surface area (Å²) in [6.45, 7) is 6.94. The van der Waals surface area contributed by atoms with Crippen LogP contribution in [0.15, 0.2) is 35.4 Å². The second-order valence-electron chi connectivity index (χ2n) is 6.21. The van der Waals surface area contributed by atoms with Crippen LogP contribution < -0.4 is 5.43 Å². The number of amides is 1. The molecule has 2 aliphatic heterocycles. The molecule has 4 heteroatoms. The lowest BCUT2D eigenvalue weighted by Gasteiger charge is -2.32. The summed E-state index contributed by atoms with van der Waals surface area (Å²) in [5.74, 6) is 0.234. The average Bonchev–Trinajstić information content (AvgIpc) is 2.91. The zero-order valence-corrected chi connectivity index (χ0v) is 11.6. The molecule has 1 saturated heterocycles. The Kier molecular flexibility index (Phi) is 2.62. The highest BCUT2D eigenvalue weighted by Gasteiger charge is 2.48. The Hall–Kier alpha value is -1.84. The van der Waals surface area contributed by atoms with Gasteiger partial charge in [-0.15, -0.1) is 0 Å². The van der Waals surface area contributed by atoms with Gasteiger partial charge in [-0.2, -0.15) is 5.10 Å². The standard InChI is InChI=1S/C15H19N3O/c1-15(2,3)18-9-11-12(10-7-5-4-6-8-10)16-17-13(11)14(18)19/h4-8,11-12,16H,9H2,1-3H3/t11-,12-/m1/s1. The first-order chi connectivity index (χ1) is 8.98. The lowest BCUT2D eigenvalue weighted by molar-refractivity contribution is -0.126. The van der Waals surface area contributed by atoms with Crippen molar-refractivity contribution >= 4 is 11.6 Å². The maximum atomic E-state index is 12.4. The van der Waals surface area contributed by atoms with Crippen molar-refractivity contribution in [3.05, 3.63) is 35.9 Å². The van der Waals surface area contributed by atoms with E-state index in [1.807, 2.05) is 23.1 Å². The summed E-state index contributed by atoms with van der Waals surface area (Å²) in [6.07, 6.45) is 0. The van der Waals surface area contributed by atoms with Crippen LogP contribution in [-0.4, -0.2) is 28.6 Å². The molecular formula is C15H19N3O. The zero-order chi connectivity index (χ0) is 13.6. The molecule has 19 heavy (non-hydrogen) atoms. The lowest BCUT2D eigenvalue weighted by atomic mass is 9.92. The molecule has 4 nitrogen and oxygen atoms in total. The molecule has 100 valence electrons. The highest BCUT2D eigenvalue weighted by Crippen LogP contribution is 2.35. The van der Waals surface area contributed by atoms with Gasteiger partial charge in [0, 0.05) is 12.1 Å². The molecule has 0 spiro atoms. The van der Waals surface area contributed by atoms with Crippen molar-refractivity contribution in [2.45, 2.75) is 32.4 Å². The van der Waals surface area contributed by atoms with Gasteiger partial charge in [-0.05, 0) is 26.3 Å². The number of likely N-dealkylation sites (tertiary alicyclic amines) is 1. The van der Waals surface area contributed by atoms with Crippen molar-refractivity contribution in [3.63, 3.8) is 0 Å². The highest BCUT2D eigenvalue weighted by atomic mass is 16.2. The minimum absolute atomic E-state index is 0.0726. The van der Waals surface area contributed by atoms with Crippen LogP contribution in [0.1, 0.15) is 32.4 Å². The Morgan fingerprint density at radius 1 is 1.26 bits per heavy atom. The predicted molar refractivity (Wildman–Crippen MR) is 74.7 cm³/mol. The van der Waals surface area contributed by atoms with Gasteiger partial charge in [0.05, 0.1) is 12.0 Å². The minimum atomic E-state index is -0.148. The van der Waals surface area contributed by atoms with Crippen LogP contribution in [0, 0.1) is 5.92 Å². The van der Waals surface area contributed by atoms with E-state index < -0.39 is 0 Å². The van der Waals surface area contributed by atoms with Gasteiger partial charge in [0.2, 0.25) is 0 Å². The van der Waals surface area contributed by atoms with E-state index in [-0.39, 0.29) is 23.4 Å². The predicted octanol–water partition coefficient (Wildman–Crippen LogP) is 1.94. The Labute approximate surface area is 113 Å². The van der Waals surface area contributed by atoms with Gasteiger partial charge in [0.25, 0.3) is 5.91 Å². The topological polar surface area (TPSA) is 44.7 Å². The van der Waals surface area contributed by atoms with Crippen molar-refractivity contribution in [1.82, 2.24) is 10.3 Å². The molecule has 2 atom stereocenters. The second-order valence-corrected chi connectivity index (χ2v) is 6.21. The van der Waals surface area contributed by atoms with Crippen LogP contribution in [-0.2, 0) is 4.79 Å². The molecule has 0 saturated carbocycles. The van der Waals surface area contributed by atoms with E-state index in [1.54, 1.807) is 0 Å². The maximum absolute atomic E-state index is 12.4. The fourth-order valence-electron chi connectivity index (χ4n) is 2.83. The second kappa shape index (κ2) is 4.08. The molecule has 1 fully saturated rings. The minimum Gasteiger partial charge on any atom is -0.332 e. The van der Waals surface area contributed by atoms with Crippen LogP contribution in [0.25, 0.3) is 0 Å². The Balaban J connectivity index is 1.88. The third kappa shape index (κ3) is 1.91. The molecule has 1 N–H and O–H groups in total. The van der Waals surface area contributed by atoms with E-state index in [0.29, 0.717) is 5.71 Å². The van der Waals surface area contributed by atoms with Crippen LogP contribution in [0.2, 0.25) is 0 Å². The Morgan fingerprint density at radius 2 is 1.95 bits per heavy atom. The number of hydrazone groups is 1. The normalized spacial score (nSPS) is 26.2. The van der Waals surface area contributed by atoms with Gasteiger partial charge in [0.15, 0.2) is 0 Å². The molecule has 3 rings (SSSR count). The number of benzene rings is 1. The summed E-state index contributed by atoms with van der Waals surface area (Å²) in [4.78, 5) is 14.3.